The Labute approximate surface area is 135 Å². The summed E-state index contributed by atoms with van der Waals surface area (Å²) in [5.41, 5.74) is -0.0649. The first-order chi connectivity index (χ1) is 10.7. The number of halogens is 1. The molecule has 0 radical (unpaired) electrons. The van der Waals surface area contributed by atoms with Gasteiger partial charge in [0.15, 0.2) is 0 Å². The number of carbonyl (C=O) groups is 2. The zero-order valence-electron chi connectivity index (χ0n) is 13.7. The Bertz CT molecular complexity index is 578. The number of nitrogens with zero attached hydrogens (tertiary/aromatic N) is 2. The summed E-state index contributed by atoms with van der Waals surface area (Å²) in [6.07, 6.45) is 3.74. The summed E-state index contributed by atoms with van der Waals surface area (Å²) in [4.78, 5) is 29.6. The third-order valence-corrected chi connectivity index (χ3v) is 3.57. The van der Waals surface area contributed by atoms with Crippen LogP contribution >= 0.6 is 0 Å². The minimum Gasteiger partial charge on any atom is -0.349 e. The third-order valence-electron chi connectivity index (χ3n) is 3.57. The molecule has 1 fully saturated rings. The van der Waals surface area contributed by atoms with E-state index in [2.05, 4.69) is 15.6 Å². The average Bonchev–Trinajstić information content (AvgIpc) is 2.46. The van der Waals surface area contributed by atoms with E-state index in [0.717, 1.165) is 12.3 Å². The molecule has 6 nitrogen and oxygen atoms in total. The fourth-order valence-corrected chi connectivity index (χ4v) is 2.43. The zero-order chi connectivity index (χ0) is 17.0. The number of piperidine rings is 1. The summed E-state index contributed by atoms with van der Waals surface area (Å²) in [7, 11) is 0. The minimum absolute atomic E-state index is 0.0237. The van der Waals surface area contributed by atoms with E-state index in [0.29, 0.717) is 25.9 Å². The Hall–Kier alpha value is -2.18. The second-order valence-electron chi connectivity index (χ2n) is 6.81. The molecule has 126 valence electrons. The van der Waals surface area contributed by atoms with Crippen LogP contribution in [0.3, 0.4) is 0 Å². The van der Waals surface area contributed by atoms with Crippen LogP contribution in [0.4, 0.5) is 9.18 Å². The molecular weight excluding hydrogens is 299 g/mol. The van der Waals surface area contributed by atoms with Crippen LogP contribution in [0.25, 0.3) is 0 Å². The highest BCUT2D eigenvalue weighted by Gasteiger charge is 2.26. The predicted octanol–water partition coefficient (Wildman–Crippen LogP) is 1.92. The Morgan fingerprint density at radius 2 is 1.91 bits per heavy atom. The van der Waals surface area contributed by atoms with Crippen LogP contribution in [0.5, 0.6) is 0 Å². The molecule has 0 atom stereocenters. The number of nitrogens with one attached hydrogen (secondary N) is 2. The number of urea groups is 1. The van der Waals surface area contributed by atoms with Crippen molar-refractivity contribution in [3.05, 3.63) is 29.8 Å². The average molecular weight is 322 g/mol. The van der Waals surface area contributed by atoms with E-state index in [1.165, 1.54) is 6.20 Å². The molecule has 23 heavy (non-hydrogen) atoms. The lowest BCUT2D eigenvalue weighted by molar-refractivity contribution is 0.0916. The van der Waals surface area contributed by atoms with Crippen LogP contribution in [0.15, 0.2) is 18.5 Å². The third kappa shape index (κ3) is 5.19. The molecule has 3 amide bonds. The molecule has 0 spiro atoms. The van der Waals surface area contributed by atoms with E-state index in [4.69, 9.17) is 0 Å². The van der Waals surface area contributed by atoms with E-state index in [9.17, 15) is 14.0 Å². The van der Waals surface area contributed by atoms with E-state index in [-0.39, 0.29) is 29.1 Å². The van der Waals surface area contributed by atoms with Crippen molar-refractivity contribution in [1.82, 2.24) is 20.5 Å². The maximum Gasteiger partial charge on any atom is 0.317 e. The number of hydrogen-bond acceptors (Lipinski definition) is 3. The standard InChI is InChI=1S/C16H23FN4O2/c1-16(2,3)20-15(23)21-6-4-13(5-7-21)19-14(22)11-8-12(17)10-18-9-11/h8-10,13H,4-7H2,1-3H3,(H,19,22)(H,20,23). The lowest BCUT2D eigenvalue weighted by atomic mass is 10.0. The Morgan fingerprint density at radius 3 is 2.48 bits per heavy atom. The van der Waals surface area contributed by atoms with Crippen LogP contribution in [0.2, 0.25) is 0 Å². The van der Waals surface area contributed by atoms with Crippen molar-refractivity contribution in [2.24, 2.45) is 0 Å². The molecule has 0 unspecified atom stereocenters. The molecule has 1 aliphatic heterocycles. The molecule has 2 heterocycles. The number of rotatable bonds is 2. The smallest absolute Gasteiger partial charge is 0.317 e. The topological polar surface area (TPSA) is 74.3 Å². The van der Waals surface area contributed by atoms with Crippen LogP contribution in [0.1, 0.15) is 44.0 Å². The summed E-state index contributed by atoms with van der Waals surface area (Å²) >= 11 is 0. The summed E-state index contributed by atoms with van der Waals surface area (Å²) in [5.74, 6) is -0.874. The predicted molar refractivity (Wildman–Crippen MR) is 84.5 cm³/mol. The van der Waals surface area contributed by atoms with Gasteiger partial charge >= 0.3 is 6.03 Å². The van der Waals surface area contributed by atoms with E-state index in [1.54, 1.807) is 4.90 Å². The van der Waals surface area contributed by atoms with Crippen molar-refractivity contribution < 1.29 is 14.0 Å². The highest BCUT2D eigenvalue weighted by molar-refractivity contribution is 5.94. The van der Waals surface area contributed by atoms with Gasteiger partial charge in [0.05, 0.1) is 11.8 Å². The molecule has 0 bridgehead atoms. The highest BCUT2D eigenvalue weighted by atomic mass is 19.1. The van der Waals surface area contributed by atoms with Gasteiger partial charge in [-0.05, 0) is 39.7 Å². The first kappa shape index (κ1) is 17.2. The number of aromatic nitrogens is 1. The lowest BCUT2D eigenvalue weighted by Gasteiger charge is -2.34. The van der Waals surface area contributed by atoms with Crippen molar-refractivity contribution in [2.75, 3.05) is 13.1 Å². The van der Waals surface area contributed by atoms with Gasteiger partial charge in [-0.15, -0.1) is 0 Å². The van der Waals surface area contributed by atoms with Gasteiger partial charge in [-0.3, -0.25) is 9.78 Å². The van der Waals surface area contributed by atoms with Crippen LogP contribution in [0, 0.1) is 5.82 Å². The molecule has 7 heteroatoms. The number of hydrogen-bond donors (Lipinski definition) is 2. The fourth-order valence-electron chi connectivity index (χ4n) is 2.43. The maximum absolute atomic E-state index is 13.1. The first-order valence-electron chi connectivity index (χ1n) is 7.73. The van der Waals surface area contributed by atoms with Gasteiger partial charge in [0, 0.05) is 30.9 Å². The Balaban J connectivity index is 1.83. The maximum atomic E-state index is 13.1. The van der Waals surface area contributed by atoms with Crippen molar-refractivity contribution >= 4 is 11.9 Å². The molecule has 1 saturated heterocycles. The van der Waals surface area contributed by atoms with Crippen molar-refractivity contribution in [1.29, 1.82) is 0 Å². The molecule has 0 aliphatic carbocycles. The normalized spacial score (nSPS) is 16.1. The van der Waals surface area contributed by atoms with E-state index in [1.807, 2.05) is 20.8 Å². The van der Waals surface area contributed by atoms with Crippen molar-refractivity contribution in [3.8, 4) is 0 Å². The molecule has 1 aliphatic rings. The molecule has 2 N–H and O–H groups in total. The van der Waals surface area contributed by atoms with Gasteiger partial charge in [-0.1, -0.05) is 0 Å². The SMILES string of the molecule is CC(C)(C)NC(=O)N1CCC(NC(=O)c2cncc(F)c2)CC1. The zero-order valence-corrected chi connectivity index (χ0v) is 13.7. The Morgan fingerprint density at radius 1 is 1.26 bits per heavy atom. The molecule has 1 aromatic heterocycles. The molecular formula is C16H23FN4O2. The van der Waals surface area contributed by atoms with Gasteiger partial charge in [-0.2, -0.15) is 0 Å². The summed E-state index contributed by atoms with van der Waals surface area (Å²) < 4.78 is 13.1. The van der Waals surface area contributed by atoms with Gasteiger partial charge in [0.1, 0.15) is 5.82 Å². The quantitative estimate of drug-likeness (QED) is 0.873. The lowest BCUT2D eigenvalue weighted by Crippen LogP contribution is -2.53. The number of carbonyl (C=O) groups excluding carboxylic acids is 2. The van der Waals surface area contributed by atoms with Gasteiger partial charge in [-0.25, -0.2) is 9.18 Å². The minimum atomic E-state index is -0.536. The monoisotopic (exact) mass is 322 g/mol. The molecule has 2 rings (SSSR count). The molecule has 1 aromatic rings. The number of pyridine rings is 1. The summed E-state index contributed by atoms with van der Waals surface area (Å²) in [5, 5.41) is 5.79. The highest BCUT2D eigenvalue weighted by Crippen LogP contribution is 2.13. The molecule has 0 aromatic carbocycles. The molecule has 0 saturated carbocycles. The second-order valence-corrected chi connectivity index (χ2v) is 6.81. The van der Waals surface area contributed by atoms with Gasteiger partial charge in [0.2, 0.25) is 0 Å². The first-order valence-corrected chi connectivity index (χ1v) is 7.73. The van der Waals surface area contributed by atoms with Crippen LogP contribution in [-0.4, -0.2) is 46.5 Å². The van der Waals surface area contributed by atoms with Crippen LogP contribution < -0.4 is 10.6 Å². The summed E-state index contributed by atoms with van der Waals surface area (Å²) in [6, 6.07) is 1.05. The van der Waals surface area contributed by atoms with E-state index < -0.39 is 5.82 Å². The fraction of sp³-hybridized carbons (Fsp3) is 0.562. The van der Waals surface area contributed by atoms with Crippen molar-refractivity contribution in [2.45, 2.75) is 45.2 Å². The van der Waals surface area contributed by atoms with Gasteiger partial charge in [0.25, 0.3) is 5.91 Å². The summed E-state index contributed by atoms with van der Waals surface area (Å²) in [6.45, 7) is 6.96. The van der Waals surface area contributed by atoms with Crippen LogP contribution in [-0.2, 0) is 0 Å². The van der Waals surface area contributed by atoms with Crippen molar-refractivity contribution in [3.63, 3.8) is 0 Å². The Kier molecular flexibility index (Phi) is 5.18. The number of likely N-dealkylation sites (tertiary alicyclic amines) is 1. The number of amides is 3. The van der Waals surface area contributed by atoms with E-state index >= 15 is 0 Å². The van der Waals surface area contributed by atoms with Gasteiger partial charge < -0.3 is 15.5 Å². The largest absolute Gasteiger partial charge is 0.349 e. The second kappa shape index (κ2) is 6.93.